The van der Waals surface area contributed by atoms with E-state index in [0.29, 0.717) is 0 Å². The Hall–Kier alpha value is 0.480. The zero-order chi connectivity index (χ0) is 8.81. The Labute approximate surface area is 85.3 Å². The highest BCUT2D eigenvalue weighted by Crippen LogP contribution is 2.29. The van der Waals surface area contributed by atoms with Crippen LogP contribution in [-0.4, -0.2) is 4.83 Å². The predicted molar refractivity (Wildman–Crippen MR) is 58.8 cm³/mol. The fraction of sp³-hybridized carbons (Fsp3) is 1.00. The SMILES string of the molecule is CCC(Br)C1CCCCCCC1. The van der Waals surface area contributed by atoms with Crippen molar-refractivity contribution >= 4 is 15.9 Å². The van der Waals surface area contributed by atoms with Gasteiger partial charge in [0.05, 0.1) is 0 Å². The minimum atomic E-state index is 0.788. The normalized spacial score (nSPS) is 24.5. The molecule has 0 aromatic rings. The van der Waals surface area contributed by atoms with E-state index in [-0.39, 0.29) is 0 Å². The van der Waals surface area contributed by atoms with Crippen molar-refractivity contribution < 1.29 is 0 Å². The summed E-state index contributed by atoms with van der Waals surface area (Å²) in [6, 6.07) is 0. The number of hydrogen-bond acceptors (Lipinski definition) is 0. The standard InChI is InChI=1S/C11H21Br/c1-2-11(12)10-8-6-4-3-5-7-9-10/h10-11H,2-9H2,1H3. The summed E-state index contributed by atoms with van der Waals surface area (Å²) in [5, 5.41) is 0. The lowest BCUT2D eigenvalue weighted by atomic mass is 9.88. The molecular weight excluding hydrogens is 212 g/mol. The smallest absolute Gasteiger partial charge is 0.0171 e. The molecule has 1 atom stereocenters. The van der Waals surface area contributed by atoms with Gasteiger partial charge in [0.1, 0.15) is 0 Å². The second kappa shape index (κ2) is 6.01. The van der Waals surface area contributed by atoms with Gasteiger partial charge in [0.25, 0.3) is 0 Å². The highest BCUT2D eigenvalue weighted by atomic mass is 79.9. The van der Waals surface area contributed by atoms with Gasteiger partial charge in [-0.1, -0.05) is 55.0 Å². The molecule has 72 valence electrons. The van der Waals surface area contributed by atoms with Crippen LogP contribution in [0.3, 0.4) is 0 Å². The van der Waals surface area contributed by atoms with Gasteiger partial charge in [-0.3, -0.25) is 0 Å². The molecule has 0 nitrogen and oxygen atoms in total. The fourth-order valence-corrected chi connectivity index (χ4v) is 2.71. The van der Waals surface area contributed by atoms with Gasteiger partial charge in [0.15, 0.2) is 0 Å². The van der Waals surface area contributed by atoms with Gasteiger partial charge in [-0.25, -0.2) is 0 Å². The zero-order valence-corrected chi connectivity index (χ0v) is 9.78. The molecule has 1 fully saturated rings. The summed E-state index contributed by atoms with van der Waals surface area (Å²) in [6.45, 7) is 2.29. The van der Waals surface area contributed by atoms with Gasteiger partial charge in [-0.2, -0.15) is 0 Å². The molecule has 1 aliphatic carbocycles. The van der Waals surface area contributed by atoms with Crippen molar-refractivity contribution in [2.24, 2.45) is 5.92 Å². The Morgan fingerprint density at radius 3 is 2.08 bits per heavy atom. The quantitative estimate of drug-likeness (QED) is 0.615. The lowest BCUT2D eigenvalue weighted by molar-refractivity contribution is 0.367. The maximum atomic E-state index is 3.80. The van der Waals surface area contributed by atoms with Crippen molar-refractivity contribution in [2.75, 3.05) is 0 Å². The molecule has 1 unspecified atom stereocenters. The summed E-state index contributed by atoms with van der Waals surface area (Å²) in [6.07, 6.45) is 11.6. The van der Waals surface area contributed by atoms with E-state index in [0.717, 1.165) is 10.7 Å². The molecule has 0 heterocycles. The molecular formula is C11H21Br. The van der Waals surface area contributed by atoms with Gasteiger partial charge >= 0.3 is 0 Å². The van der Waals surface area contributed by atoms with Gasteiger partial charge < -0.3 is 0 Å². The fourth-order valence-electron chi connectivity index (χ4n) is 2.18. The maximum absolute atomic E-state index is 3.80. The minimum Gasteiger partial charge on any atom is -0.0888 e. The van der Waals surface area contributed by atoms with Crippen molar-refractivity contribution in [2.45, 2.75) is 63.1 Å². The van der Waals surface area contributed by atoms with Crippen molar-refractivity contribution in [3.63, 3.8) is 0 Å². The Bertz CT molecular complexity index is 104. The Kier molecular flexibility index (Phi) is 5.29. The van der Waals surface area contributed by atoms with Crippen LogP contribution >= 0.6 is 15.9 Å². The third kappa shape index (κ3) is 3.47. The van der Waals surface area contributed by atoms with Gasteiger partial charge in [-0.05, 0) is 25.2 Å². The number of rotatable bonds is 2. The molecule has 1 saturated carbocycles. The first-order valence-corrected chi connectivity index (χ1v) is 6.40. The van der Waals surface area contributed by atoms with E-state index in [1.807, 2.05) is 0 Å². The molecule has 0 radical (unpaired) electrons. The number of alkyl halides is 1. The topological polar surface area (TPSA) is 0 Å². The molecule has 0 N–H and O–H groups in total. The molecule has 0 spiro atoms. The Balaban J connectivity index is 2.29. The summed E-state index contributed by atoms with van der Waals surface area (Å²) in [7, 11) is 0. The Morgan fingerprint density at radius 1 is 1.08 bits per heavy atom. The number of halogens is 1. The lowest BCUT2D eigenvalue weighted by Gasteiger charge is -2.23. The van der Waals surface area contributed by atoms with E-state index in [4.69, 9.17) is 0 Å². The second-order valence-corrected chi connectivity index (χ2v) is 5.21. The first kappa shape index (κ1) is 10.6. The Morgan fingerprint density at radius 2 is 1.58 bits per heavy atom. The van der Waals surface area contributed by atoms with Crippen molar-refractivity contribution in [1.82, 2.24) is 0 Å². The van der Waals surface area contributed by atoms with E-state index in [2.05, 4.69) is 22.9 Å². The molecule has 1 rings (SSSR count). The first-order valence-electron chi connectivity index (χ1n) is 5.48. The highest BCUT2D eigenvalue weighted by Gasteiger charge is 2.17. The van der Waals surface area contributed by atoms with E-state index >= 15 is 0 Å². The van der Waals surface area contributed by atoms with Crippen LogP contribution in [0, 0.1) is 5.92 Å². The van der Waals surface area contributed by atoms with Crippen LogP contribution in [0.5, 0.6) is 0 Å². The van der Waals surface area contributed by atoms with Gasteiger partial charge in [-0.15, -0.1) is 0 Å². The molecule has 0 bridgehead atoms. The molecule has 0 aromatic heterocycles. The summed E-state index contributed by atoms with van der Waals surface area (Å²) in [5.74, 6) is 0.968. The van der Waals surface area contributed by atoms with Crippen molar-refractivity contribution in [3.05, 3.63) is 0 Å². The van der Waals surface area contributed by atoms with Gasteiger partial charge in [0, 0.05) is 4.83 Å². The van der Waals surface area contributed by atoms with Crippen LogP contribution in [0.15, 0.2) is 0 Å². The van der Waals surface area contributed by atoms with Crippen LogP contribution < -0.4 is 0 Å². The van der Waals surface area contributed by atoms with Crippen LogP contribution in [0.1, 0.15) is 58.3 Å². The monoisotopic (exact) mass is 232 g/mol. The molecule has 12 heavy (non-hydrogen) atoms. The molecule has 1 aliphatic rings. The van der Waals surface area contributed by atoms with Crippen molar-refractivity contribution in [3.8, 4) is 0 Å². The summed E-state index contributed by atoms with van der Waals surface area (Å²) in [5.41, 5.74) is 0. The van der Waals surface area contributed by atoms with Gasteiger partial charge in [0.2, 0.25) is 0 Å². The number of hydrogen-bond donors (Lipinski definition) is 0. The average molecular weight is 233 g/mol. The van der Waals surface area contributed by atoms with Crippen LogP contribution in [-0.2, 0) is 0 Å². The minimum absolute atomic E-state index is 0.788. The summed E-state index contributed by atoms with van der Waals surface area (Å²) < 4.78 is 0. The summed E-state index contributed by atoms with van der Waals surface area (Å²) >= 11 is 3.80. The van der Waals surface area contributed by atoms with Crippen LogP contribution in [0.4, 0.5) is 0 Å². The second-order valence-electron chi connectivity index (χ2n) is 4.03. The third-order valence-corrected chi connectivity index (χ3v) is 4.45. The molecule has 0 aromatic carbocycles. The van der Waals surface area contributed by atoms with Crippen molar-refractivity contribution in [1.29, 1.82) is 0 Å². The lowest BCUT2D eigenvalue weighted by Crippen LogP contribution is -2.14. The van der Waals surface area contributed by atoms with Crippen LogP contribution in [0.25, 0.3) is 0 Å². The van der Waals surface area contributed by atoms with E-state index < -0.39 is 0 Å². The zero-order valence-electron chi connectivity index (χ0n) is 8.19. The third-order valence-electron chi connectivity index (χ3n) is 3.05. The van der Waals surface area contributed by atoms with E-state index in [1.54, 1.807) is 0 Å². The predicted octanol–water partition coefficient (Wildman–Crippen LogP) is 4.52. The van der Waals surface area contributed by atoms with E-state index in [9.17, 15) is 0 Å². The molecule has 0 aliphatic heterocycles. The highest BCUT2D eigenvalue weighted by molar-refractivity contribution is 9.09. The van der Waals surface area contributed by atoms with Crippen LogP contribution in [0.2, 0.25) is 0 Å². The average Bonchev–Trinajstić information content (AvgIpc) is 2.02. The summed E-state index contributed by atoms with van der Waals surface area (Å²) in [4.78, 5) is 0.788. The molecule has 1 heteroatoms. The van der Waals surface area contributed by atoms with E-state index in [1.165, 1.54) is 51.4 Å². The molecule has 0 saturated heterocycles. The first-order chi connectivity index (χ1) is 5.84. The largest absolute Gasteiger partial charge is 0.0888 e. The molecule has 0 amide bonds. The maximum Gasteiger partial charge on any atom is 0.0171 e.